The van der Waals surface area contributed by atoms with E-state index < -0.39 is 6.04 Å². The van der Waals surface area contributed by atoms with Crippen molar-refractivity contribution in [3.05, 3.63) is 35.9 Å². The first-order valence-electron chi connectivity index (χ1n) is 4.94. The second kappa shape index (κ2) is 5.96. The molecule has 15 heavy (non-hydrogen) atoms. The highest BCUT2D eigenvalue weighted by Crippen LogP contribution is 2.01. The minimum absolute atomic E-state index is 0.287. The molecular weight excluding hydrogens is 190 g/mol. The van der Waals surface area contributed by atoms with Crippen molar-refractivity contribution in [1.29, 1.82) is 0 Å². The molecule has 0 radical (unpaired) electrons. The fourth-order valence-electron chi connectivity index (χ4n) is 1.18. The van der Waals surface area contributed by atoms with Crippen molar-refractivity contribution < 1.29 is 9.53 Å². The Morgan fingerprint density at radius 1 is 1.47 bits per heavy atom. The van der Waals surface area contributed by atoms with Crippen LogP contribution in [0.25, 0.3) is 0 Å². The summed E-state index contributed by atoms with van der Waals surface area (Å²) in [6, 6.07) is 9.28. The Bertz CT molecular complexity index is 333. The van der Waals surface area contributed by atoms with Crippen LogP contribution in [0.3, 0.4) is 0 Å². The molecule has 1 unspecified atom stereocenters. The van der Waals surface area contributed by atoms with Gasteiger partial charge in [-0.3, -0.25) is 4.99 Å². The summed E-state index contributed by atoms with van der Waals surface area (Å²) in [5.41, 5.74) is 0.986. The molecule has 0 aromatic heterocycles. The van der Waals surface area contributed by atoms with Crippen LogP contribution < -0.4 is 0 Å². The maximum Gasteiger partial charge on any atom is 0.330 e. The Morgan fingerprint density at radius 3 is 2.67 bits per heavy atom. The van der Waals surface area contributed by atoms with Gasteiger partial charge in [-0.2, -0.15) is 0 Å². The van der Waals surface area contributed by atoms with Crippen LogP contribution in [0.1, 0.15) is 18.9 Å². The molecule has 3 heteroatoms. The lowest BCUT2D eigenvalue weighted by Crippen LogP contribution is -2.19. The monoisotopic (exact) mass is 205 g/mol. The predicted octanol–water partition coefficient (Wildman–Crippen LogP) is 2.06. The van der Waals surface area contributed by atoms with Crippen LogP contribution in [0, 0.1) is 0 Å². The van der Waals surface area contributed by atoms with Gasteiger partial charge in [0.15, 0.2) is 0 Å². The number of methoxy groups -OCH3 is 1. The Balaban J connectivity index is 2.67. The highest BCUT2D eigenvalue weighted by molar-refractivity contribution is 5.83. The maximum atomic E-state index is 11.2. The van der Waals surface area contributed by atoms with Gasteiger partial charge in [0.25, 0.3) is 0 Å². The molecule has 0 heterocycles. The molecule has 0 amide bonds. The number of benzene rings is 1. The van der Waals surface area contributed by atoms with Crippen molar-refractivity contribution in [1.82, 2.24) is 0 Å². The average Bonchev–Trinajstić information content (AvgIpc) is 2.31. The first kappa shape index (κ1) is 11.4. The van der Waals surface area contributed by atoms with Gasteiger partial charge in [0.1, 0.15) is 6.04 Å². The van der Waals surface area contributed by atoms with Crippen LogP contribution in [0.2, 0.25) is 0 Å². The van der Waals surface area contributed by atoms with Crippen molar-refractivity contribution in [2.75, 3.05) is 7.11 Å². The predicted molar refractivity (Wildman–Crippen MR) is 60.1 cm³/mol. The summed E-state index contributed by atoms with van der Waals surface area (Å²) in [5.74, 6) is -0.287. The second-order valence-electron chi connectivity index (χ2n) is 3.14. The molecule has 1 aromatic rings. The summed E-state index contributed by atoms with van der Waals surface area (Å²) in [7, 11) is 1.38. The molecule has 0 saturated carbocycles. The van der Waals surface area contributed by atoms with Crippen LogP contribution in [-0.2, 0) is 9.53 Å². The van der Waals surface area contributed by atoms with Gasteiger partial charge in [-0.15, -0.1) is 0 Å². The van der Waals surface area contributed by atoms with E-state index in [1.807, 2.05) is 37.3 Å². The Kier molecular flexibility index (Phi) is 4.54. The van der Waals surface area contributed by atoms with Crippen LogP contribution in [0.5, 0.6) is 0 Å². The van der Waals surface area contributed by atoms with Gasteiger partial charge < -0.3 is 4.74 Å². The first-order chi connectivity index (χ1) is 7.27. The number of hydrogen-bond acceptors (Lipinski definition) is 3. The largest absolute Gasteiger partial charge is 0.467 e. The van der Waals surface area contributed by atoms with Crippen molar-refractivity contribution >= 4 is 12.2 Å². The topological polar surface area (TPSA) is 38.7 Å². The molecule has 3 nitrogen and oxygen atoms in total. The number of rotatable bonds is 4. The Hall–Kier alpha value is -1.64. The van der Waals surface area contributed by atoms with Gasteiger partial charge in [-0.05, 0) is 12.0 Å². The molecular formula is C12H15NO2. The van der Waals surface area contributed by atoms with Crippen LogP contribution in [0.15, 0.2) is 35.3 Å². The third-order valence-corrected chi connectivity index (χ3v) is 2.06. The number of esters is 1. The van der Waals surface area contributed by atoms with Gasteiger partial charge >= 0.3 is 5.97 Å². The van der Waals surface area contributed by atoms with Gasteiger partial charge in [0.05, 0.1) is 7.11 Å². The summed E-state index contributed by atoms with van der Waals surface area (Å²) in [6.07, 6.45) is 2.35. The van der Waals surface area contributed by atoms with E-state index in [-0.39, 0.29) is 5.97 Å². The zero-order valence-corrected chi connectivity index (χ0v) is 9.01. The Morgan fingerprint density at radius 2 is 2.13 bits per heavy atom. The molecule has 0 aliphatic carbocycles. The summed E-state index contributed by atoms with van der Waals surface area (Å²) >= 11 is 0. The highest BCUT2D eigenvalue weighted by Gasteiger charge is 2.13. The van der Waals surface area contributed by atoms with Crippen LogP contribution >= 0.6 is 0 Å². The van der Waals surface area contributed by atoms with E-state index in [0.29, 0.717) is 6.42 Å². The fourth-order valence-corrected chi connectivity index (χ4v) is 1.18. The lowest BCUT2D eigenvalue weighted by Gasteiger charge is -2.06. The summed E-state index contributed by atoms with van der Waals surface area (Å²) in [6.45, 7) is 1.91. The molecule has 1 rings (SSSR count). The van der Waals surface area contributed by atoms with E-state index in [4.69, 9.17) is 0 Å². The maximum absolute atomic E-state index is 11.2. The van der Waals surface area contributed by atoms with E-state index in [2.05, 4.69) is 9.73 Å². The minimum Gasteiger partial charge on any atom is -0.467 e. The zero-order chi connectivity index (χ0) is 11.1. The number of hydrogen-bond donors (Lipinski definition) is 0. The van der Waals surface area contributed by atoms with Crippen molar-refractivity contribution in [2.24, 2.45) is 4.99 Å². The van der Waals surface area contributed by atoms with E-state index in [1.165, 1.54) is 7.11 Å². The van der Waals surface area contributed by atoms with E-state index in [1.54, 1.807) is 6.21 Å². The molecule has 0 bridgehead atoms. The standard InChI is InChI=1S/C12H15NO2/c1-3-11(12(14)15-2)13-9-10-7-5-4-6-8-10/h4-9,11H,3H2,1-2H3. The van der Waals surface area contributed by atoms with Crippen molar-refractivity contribution in [3.63, 3.8) is 0 Å². The Labute approximate surface area is 89.8 Å². The quantitative estimate of drug-likeness (QED) is 0.557. The molecule has 1 aromatic carbocycles. The van der Waals surface area contributed by atoms with E-state index in [9.17, 15) is 4.79 Å². The number of carbonyl (C=O) groups excluding carboxylic acids is 1. The molecule has 80 valence electrons. The number of nitrogens with zero attached hydrogens (tertiary/aromatic N) is 1. The minimum atomic E-state index is -0.393. The molecule has 0 spiro atoms. The SMILES string of the molecule is CCC(N=Cc1ccccc1)C(=O)OC. The lowest BCUT2D eigenvalue weighted by molar-refractivity contribution is -0.142. The molecule has 0 N–H and O–H groups in total. The summed E-state index contributed by atoms with van der Waals surface area (Å²) < 4.78 is 4.64. The first-order valence-corrected chi connectivity index (χ1v) is 4.94. The third-order valence-electron chi connectivity index (χ3n) is 2.06. The van der Waals surface area contributed by atoms with Gasteiger partial charge in [0.2, 0.25) is 0 Å². The lowest BCUT2D eigenvalue weighted by atomic mass is 10.2. The number of aliphatic imine (C=N–C) groups is 1. The third kappa shape index (κ3) is 3.54. The van der Waals surface area contributed by atoms with E-state index >= 15 is 0 Å². The van der Waals surface area contributed by atoms with Gasteiger partial charge in [-0.25, -0.2) is 4.79 Å². The molecule has 0 aliphatic rings. The molecule has 0 fully saturated rings. The van der Waals surface area contributed by atoms with Gasteiger partial charge in [-0.1, -0.05) is 37.3 Å². The number of ether oxygens (including phenoxy) is 1. The number of carbonyl (C=O) groups is 1. The summed E-state index contributed by atoms with van der Waals surface area (Å²) in [4.78, 5) is 15.4. The molecule has 0 saturated heterocycles. The van der Waals surface area contributed by atoms with Crippen molar-refractivity contribution in [3.8, 4) is 0 Å². The highest BCUT2D eigenvalue weighted by atomic mass is 16.5. The average molecular weight is 205 g/mol. The van der Waals surface area contributed by atoms with Crippen LogP contribution in [-0.4, -0.2) is 25.3 Å². The molecule has 0 aliphatic heterocycles. The second-order valence-corrected chi connectivity index (χ2v) is 3.14. The zero-order valence-electron chi connectivity index (χ0n) is 9.01. The smallest absolute Gasteiger partial charge is 0.330 e. The normalized spacial score (nSPS) is 12.7. The van der Waals surface area contributed by atoms with Crippen LogP contribution in [0.4, 0.5) is 0 Å². The van der Waals surface area contributed by atoms with Crippen molar-refractivity contribution in [2.45, 2.75) is 19.4 Å². The fraction of sp³-hybridized carbons (Fsp3) is 0.333. The van der Waals surface area contributed by atoms with Gasteiger partial charge in [0, 0.05) is 6.21 Å². The molecule has 1 atom stereocenters. The summed E-state index contributed by atoms with van der Waals surface area (Å²) in [5, 5.41) is 0. The van der Waals surface area contributed by atoms with E-state index in [0.717, 1.165) is 5.56 Å².